The Kier molecular flexibility index (Phi) is 2.21. The number of halogens is 2. The molecule has 0 bridgehead atoms. The summed E-state index contributed by atoms with van der Waals surface area (Å²) in [5.41, 5.74) is 0.898. The fraction of sp³-hybridized carbons (Fsp3) is 0.111. The fourth-order valence-corrected chi connectivity index (χ4v) is 1.70. The van der Waals surface area contributed by atoms with Crippen LogP contribution in [0.4, 0.5) is 0 Å². The van der Waals surface area contributed by atoms with Gasteiger partial charge in [-0.1, -0.05) is 29.3 Å². The maximum absolute atomic E-state index is 11.4. The van der Waals surface area contributed by atoms with E-state index in [4.69, 9.17) is 23.2 Å². The number of benzene rings is 1. The van der Waals surface area contributed by atoms with Crippen molar-refractivity contribution >= 4 is 34.2 Å². The highest BCUT2D eigenvalue weighted by molar-refractivity contribution is 6.35. The molecule has 5 heteroatoms. The van der Waals surface area contributed by atoms with E-state index in [0.29, 0.717) is 16.1 Å². The average Bonchev–Trinajstić information content (AvgIpc) is 2.17. The van der Waals surface area contributed by atoms with Crippen molar-refractivity contribution in [1.82, 2.24) is 9.55 Å². The van der Waals surface area contributed by atoms with Crippen molar-refractivity contribution in [3.8, 4) is 0 Å². The van der Waals surface area contributed by atoms with Gasteiger partial charge in [-0.05, 0) is 12.1 Å². The van der Waals surface area contributed by atoms with Crippen molar-refractivity contribution in [3.63, 3.8) is 0 Å². The Hall–Kier alpha value is -1.06. The number of para-hydroxylation sites is 1. The second kappa shape index (κ2) is 3.26. The number of fused-ring (bicyclic) bond motifs is 1. The topological polar surface area (TPSA) is 34.9 Å². The summed E-state index contributed by atoms with van der Waals surface area (Å²) >= 11 is 11.6. The Balaban J connectivity index is 3.06. The van der Waals surface area contributed by atoms with E-state index < -0.39 is 0 Å². The lowest BCUT2D eigenvalue weighted by Gasteiger charge is -2.05. The molecule has 0 aliphatic heterocycles. The summed E-state index contributed by atoms with van der Waals surface area (Å²) in [6, 6.07) is 5.24. The molecular formula is C9H6Cl2N2O. The highest BCUT2D eigenvalue weighted by Crippen LogP contribution is 2.20. The van der Waals surface area contributed by atoms with Gasteiger partial charge in [-0.15, -0.1) is 0 Å². The molecule has 2 rings (SSSR count). The number of aromatic nitrogens is 2. The molecule has 0 amide bonds. The third-order valence-corrected chi connectivity index (χ3v) is 2.57. The highest BCUT2D eigenvalue weighted by atomic mass is 35.5. The lowest BCUT2D eigenvalue weighted by atomic mass is 10.3. The largest absolute Gasteiger partial charge is 0.307 e. The van der Waals surface area contributed by atoms with E-state index >= 15 is 0 Å². The van der Waals surface area contributed by atoms with Gasteiger partial charge < -0.3 is 4.57 Å². The zero-order valence-electron chi connectivity index (χ0n) is 7.29. The Morgan fingerprint density at radius 2 is 2.07 bits per heavy atom. The van der Waals surface area contributed by atoms with Gasteiger partial charge in [-0.2, -0.15) is 0 Å². The van der Waals surface area contributed by atoms with Gasteiger partial charge in [0.25, 0.3) is 5.56 Å². The van der Waals surface area contributed by atoms with Gasteiger partial charge in [-0.3, -0.25) is 4.79 Å². The molecule has 2 aromatic rings. The van der Waals surface area contributed by atoms with Gasteiger partial charge >= 0.3 is 0 Å². The summed E-state index contributed by atoms with van der Waals surface area (Å²) in [6.45, 7) is 0. The molecule has 72 valence electrons. The molecule has 1 aromatic carbocycles. The molecule has 0 N–H and O–H groups in total. The number of rotatable bonds is 0. The molecule has 0 aliphatic rings. The van der Waals surface area contributed by atoms with Gasteiger partial charge in [0.2, 0.25) is 0 Å². The molecule has 0 saturated carbocycles. The smallest absolute Gasteiger partial charge is 0.288 e. The van der Waals surface area contributed by atoms with Gasteiger partial charge in [-0.25, -0.2) is 4.98 Å². The number of aryl methyl sites for hydroxylation is 1. The van der Waals surface area contributed by atoms with Crippen molar-refractivity contribution in [3.05, 3.63) is 38.7 Å². The van der Waals surface area contributed by atoms with Gasteiger partial charge in [0.05, 0.1) is 10.5 Å². The summed E-state index contributed by atoms with van der Waals surface area (Å²) in [7, 11) is 1.63. The van der Waals surface area contributed by atoms with Crippen molar-refractivity contribution in [2.45, 2.75) is 0 Å². The fourth-order valence-electron chi connectivity index (χ4n) is 1.28. The van der Waals surface area contributed by atoms with Crippen molar-refractivity contribution in [2.75, 3.05) is 0 Å². The van der Waals surface area contributed by atoms with Crippen LogP contribution in [-0.2, 0) is 7.05 Å². The maximum Gasteiger partial charge on any atom is 0.288 e. The molecule has 0 atom stereocenters. The molecule has 0 unspecified atom stereocenters. The van der Waals surface area contributed by atoms with E-state index in [1.165, 1.54) is 4.57 Å². The van der Waals surface area contributed by atoms with Gasteiger partial charge in [0.1, 0.15) is 5.52 Å². The summed E-state index contributed by atoms with van der Waals surface area (Å²) in [5, 5.41) is 0.424. The second-order valence-electron chi connectivity index (χ2n) is 2.87. The zero-order valence-corrected chi connectivity index (χ0v) is 8.80. The van der Waals surface area contributed by atoms with Crippen LogP contribution < -0.4 is 5.56 Å². The Labute approximate surface area is 89.9 Å². The monoisotopic (exact) mass is 228 g/mol. The minimum absolute atomic E-state index is 0.0619. The van der Waals surface area contributed by atoms with Crippen LogP contribution in [0.2, 0.25) is 10.2 Å². The molecule has 1 aromatic heterocycles. The van der Waals surface area contributed by atoms with E-state index in [-0.39, 0.29) is 10.7 Å². The molecule has 0 spiro atoms. The summed E-state index contributed by atoms with van der Waals surface area (Å²) in [5.74, 6) is 0. The van der Waals surface area contributed by atoms with Crippen molar-refractivity contribution in [1.29, 1.82) is 0 Å². The second-order valence-corrected chi connectivity index (χ2v) is 3.64. The number of hydrogen-bond acceptors (Lipinski definition) is 2. The van der Waals surface area contributed by atoms with Crippen LogP contribution in [0.15, 0.2) is 23.0 Å². The molecule has 14 heavy (non-hydrogen) atoms. The number of nitrogens with zero attached hydrogens (tertiary/aromatic N) is 2. The normalized spacial score (nSPS) is 10.8. The molecule has 1 heterocycles. The first-order chi connectivity index (χ1) is 6.61. The van der Waals surface area contributed by atoms with Crippen molar-refractivity contribution in [2.24, 2.45) is 7.05 Å². The zero-order chi connectivity index (χ0) is 10.3. The van der Waals surface area contributed by atoms with Crippen LogP contribution in [-0.4, -0.2) is 9.55 Å². The van der Waals surface area contributed by atoms with Gasteiger partial charge in [0.15, 0.2) is 5.15 Å². The summed E-state index contributed by atoms with van der Waals surface area (Å²) in [6.07, 6.45) is 0. The Morgan fingerprint density at radius 3 is 2.79 bits per heavy atom. The van der Waals surface area contributed by atoms with Crippen LogP contribution in [0, 0.1) is 0 Å². The third-order valence-electron chi connectivity index (χ3n) is 2.02. The first kappa shape index (κ1) is 9.49. The van der Waals surface area contributed by atoms with E-state index in [1.54, 1.807) is 25.2 Å². The molecule has 0 radical (unpaired) electrons. The minimum Gasteiger partial charge on any atom is -0.307 e. The van der Waals surface area contributed by atoms with E-state index in [0.717, 1.165) is 0 Å². The number of hydrogen-bond donors (Lipinski definition) is 0. The first-order valence-corrected chi connectivity index (χ1v) is 4.67. The van der Waals surface area contributed by atoms with E-state index in [1.807, 2.05) is 0 Å². The predicted octanol–water partition coefficient (Wildman–Crippen LogP) is 2.24. The summed E-state index contributed by atoms with van der Waals surface area (Å²) < 4.78 is 1.43. The van der Waals surface area contributed by atoms with Gasteiger partial charge in [0, 0.05) is 7.05 Å². The van der Waals surface area contributed by atoms with E-state index in [2.05, 4.69) is 4.98 Å². The highest BCUT2D eigenvalue weighted by Gasteiger charge is 2.07. The quantitative estimate of drug-likeness (QED) is 0.694. The Morgan fingerprint density at radius 1 is 1.36 bits per heavy atom. The van der Waals surface area contributed by atoms with Crippen LogP contribution >= 0.6 is 23.2 Å². The Bertz CT molecular complexity index is 562. The van der Waals surface area contributed by atoms with Crippen LogP contribution in [0.5, 0.6) is 0 Å². The lowest BCUT2D eigenvalue weighted by Crippen LogP contribution is -2.18. The van der Waals surface area contributed by atoms with Crippen LogP contribution in [0.1, 0.15) is 0 Å². The molecule has 0 aliphatic carbocycles. The van der Waals surface area contributed by atoms with E-state index in [9.17, 15) is 4.79 Å². The average molecular weight is 229 g/mol. The summed E-state index contributed by atoms with van der Waals surface area (Å²) in [4.78, 5) is 15.4. The maximum atomic E-state index is 11.4. The molecular weight excluding hydrogens is 223 g/mol. The molecule has 0 saturated heterocycles. The standard InChI is InChI=1S/C9H6Cl2N2O/c1-13-6-4-2-3-5(10)7(6)12-8(11)9(13)14/h2-4H,1H3. The minimum atomic E-state index is -0.318. The first-order valence-electron chi connectivity index (χ1n) is 3.92. The lowest BCUT2D eigenvalue weighted by molar-refractivity contribution is 0.892. The molecule has 3 nitrogen and oxygen atoms in total. The predicted molar refractivity (Wildman–Crippen MR) is 57.0 cm³/mol. The molecule has 0 fully saturated rings. The van der Waals surface area contributed by atoms with Crippen LogP contribution in [0.3, 0.4) is 0 Å². The van der Waals surface area contributed by atoms with Crippen molar-refractivity contribution < 1.29 is 0 Å². The SMILES string of the molecule is Cn1c(=O)c(Cl)nc2c(Cl)cccc21. The third kappa shape index (κ3) is 1.29. The van der Waals surface area contributed by atoms with Crippen LogP contribution in [0.25, 0.3) is 11.0 Å².